The van der Waals surface area contributed by atoms with Crippen LogP contribution in [0.5, 0.6) is 0 Å². The molecule has 0 bridgehead atoms. The van der Waals surface area contributed by atoms with Crippen molar-refractivity contribution >= 4 is 35.4 Å². The smallest absolute Gasteiger partial charge is 0.247 e. The third-order valence-corrected chi connectivity index (χ3v) is 4.42. The summed E-state index contributed by atoms with van der Waals surface area (Å²) >= 11 is 5.16. The van der Waals surface area contributed by atoms with Crippen molar-refractivity contribution in [1.82, 2.24) is 10.2 Å². The van der Waals surface area contributed by atoms with Crippen LogP contribution in [0.1, 0.15) is 11.1 Å². The van der Waals surface area contributed by atoms with Gasteiger partial charge in [0.15, 0.2) is 11.0 Å². The highest BCUT2D eigenvalue weighted by Gasteiger charge is 2.37. The van der Waals surface area contributed by atoms with Crippen molar-refractivity contribution in [2.24, 2.45) is 10.9 Å². The number of carbonyl (C=O) groups excluding carboxylic acids is 2. The summed E-state index contributed by atoms with van der Waals surface area (Å²) in [6.45, 7) is 0.845. The molecule has 1 atom stereocenters. The Morgan fingerprint density at radius 3 is 2.27 bits per heavy atom. The fraction of sp³-hybridized carbons (Fsp3) is 0.200. The minimum Gasteiger partial charge on any atom is -0.302 e. The number of hydrogen-bond donors (Lipinski definition) is 1. The fourth-order valence-corrected chi connectivity index (χ4v) is 2.95. The van der Waals surface area contributed by atoms with Crippen LogP contribution in [0.4, 0.5) is 0 Å². The van der Waals surface area contributed by atoms with Crippen LogP contribution in [-0.2, 0) is 22.6 Å². The van der Waals surface area contributed by atoms with E-state index in [1.807, 2.05) is 60.7 Å². The molecule has 26 heavy (non-hydrogen) atoms. The van der Waals surface area contributed by atoms with Gasteiger partial charge in [-0.05, 0) is 29.8 Å². The average molecular weight is 365 g/mol. The Labute approximate surface area is 157 Å². The van der Waals surface area contributed by atoms with Crippen molar-refractivity contribution in [3.05, 3.63) is 71.8 Å². The average Bonchev–Trinajstić information content (AvgIpc) is 2.66. The molecule has 0 aliphatic carbocycles. The molecule has 2 aromatic carbocycles. The van der Waals surface area contributed by atoms with Crippen LogP contribution >= 0.6 is 12.2 Å². The molecule has 0 radical (unpaired) electrons. The molecule has 1 N–H and O–H groups in total. The molecule has 0 aromatic heterocycles. The third kappa shape index (κ3) is 4.40. The van der Waals surface area contributed by atoms with Crippen LogP contribution in [0, 0.1) is 5.92 Å². The molecule has 132 valence electrons. The van der Waals surface area contributed by atoms with Crippen LogP contribution in [0.15, 0.2) is 65.7 Å². The normalized spacial score (nSPS) is 17.6. The standard InChI is InChI=1S/C20H19N3O2S/c24-18-17(13-21-12-11-15-7-3-1-4-8-15)19(25)23(20(26)22-18)14-16-9-5-2-6-10-16/h1-10,13,17H,11-12,14H2,(H,22,24,26). The van der Waals surface area contributed by atoms with Gasteiger partial charge in [-0.1, -0.05) is 60.7 Å². The number of hydrogen-bond acceptors (Lipinski definition) is 4. The SMILES string of the molecule is O=C1NC(=S)N(Cc2ccccc2)C(=O)C1C=NCCc1ccccc1. The molecule has 2 aromatic rings. The Morgan fingerprint density at radius 1 is 1.00 bits per heavy atom. The van der Waals surface area contributed by atoms with Gasteiger partial charge in [-0.3, -0.25) is 19.5 Å². The van der Waals surface area contributed by atoms with Crippen LogP contribution in [-0.4, -0.2) is 34.6 Å². The Morgan fingerprint density at radius 2 is 1.62 bits per heavy atom. The van der Waals surface area contributed by atoms with Crippen molar-refractivity contribution in [2.75, 3.05) is 6.54 Å². The highest BCUT2D eigenvalue weighted by atomic mass is 32.1. The first-order valence-electron chi connectivity index (χ1n) is 8.39. The number of carbonyl (C=O) groups is 2. The lowest BCUT2D eigenvalue weighted by Crippen LogP contribution is -2.57. The first-order chi connectivity index (χ1) is 12.6. The maximum atomic E-state index is 12.7. The van der Waals surface area contributed by atoms with Gasteiger partial charge in [0.2, 0.25) is 11.8 Å². The summed E-state index contributed by atoms with van der Waals surface area (Å²) in [5, 5.41) is 2.73. The molecule has 0 spiro atoms. The van der Waals surface area contributed by atoms with E-state index in [9.17, 15) is 9.59 Å². The van der Waals surface area contributed by atoms with E-state index >= 15 is 0 Å². The molecule has 2 amide bonds. The molecule has 1 heterocycles. The van der Waals surface area contributed by atoms with Crippen LogP contribution in [0.25, 0.3) is 0 Å². The molecular weight excluding hydrogens is 346 g/mol. The Hall–Kier alpha value is -2.86. The predicted molar refractivity (Wildman–Crippen MR) is 105 cm³/mol. The van der Waals surface area contributed by atoms with E-state index in [0.29, 0.717) is 13.1 Å². The quantitative estimate of drug-likeness (QED) is 0.486. The maximum absolute atomic E-state index is 12.7. The van der Waals surface area contributed by atoms with Gasteiger partial charge in [-0.2, -0.15) is 0 Å². The van der Waals surface area contributed by atoms with Gasteiger partial charge < -0.3 is 5.32 Å². The van der Waals surface area contributed by atoms with Gasteiger partial charge in [0.1, 0.15) is 0 Å². The zero-order chi connectivity index (χ0) is 18.4. The van der Waals surface area contributed by atoms with Crippen LogP contribution in [0.2, 0.25) is 0 Å². The lowest BCUT2D eigenvalue weighted by atomic mass is 10.1. The summed E-state index contributed by atoms with van der Waals surface area (Å²) in [6, 6.07) is 19.5. The van der Waals surface area contributed by atoms with E-state index in [2.05, 4.69) is 10.3 Å². The second kappa shape index (κ2) is 8.49. The number of amides is 2. The van der Waals surface area contributed by atoms with Crippen molar-refractivity contribution in [2.45, 2.75) is 13.0 Å². The highest BCUT2D eigenvalue weighted by molar-refractivity contribution is 7.80. The van der Waals surface area contributed by atoms with Crippen molar-refractivity contribution < 1.29 is 9.59 Å². The summed E-state index contributed by atoms with van der Waals surface area (Å²) in [5.41, 5.74) is 2.11. The van der Waals surface area contributed by atoms with Gasteiger partial charge in [-0.15, -0.1) is 0 Å². The van der Waals surface area contributed by atoms with E-state index < -0.39 is 11.8 Å². The second-order valence-electron chi connectivity index (χ2n) is 5.97. The van der Waals surface area contributed by atoms with E-state index in [-0.39, 0.29) is 11.0 Å². The van der Waals surface area contributed by atoms with Gasteiger partial charge in [0.25, 0.3) is 0 Å². The van der Waals surface area contributed by atoms with Crippen molar-refractivity contribution in [3.63, 3.8) is 0 Å². The highest BCUT2D eigenvalue weighted by Crippen LogP contribution is 2.14. The third-order valence-electron chi connectivity index (χ3n) is 4.10. The first-order valence-corrected chi connectivity index (χ1v) is 8.80. The molecular formula is C20H19N3O2S. The summed E-state index contributed by atoms with van der Waals surface area (Å²) < 4.78 is 0. The molecule has 1 fully saturated rings. The second-order valence-corrected chi connectivity index (χ2v) is 6.36. The lowest BCUT2D eigenvalue weighted by molar-refractivity contribution is -0.138. The maximum Gasteiger partial charge on any atom is 0.247 e. The largest absolute Gasteiger partial charge is 0.302 e. The van der Waals surface area contributed by atoms with Crippen molar-refractivity contribution in [1.29, 1.82) is 0 Å². The Bertz CT molecular complexity index is 821. The Kier molecular flexibility index (Phi) is 5.86. The summed E-state index contributed by atoms with van der Waals surface area (Å²) in [6.07, 6.45) is 2.19. The number of rotatable bonds is 6. The predicted octanol–water partition coefficient (Wildman–Crippen LogP) is 2.36. The molecule has 1 unspecified atom stereocenters. The van der Waals surface area contributed by atoms with Crippen molar-refractivity contribution in [3.8, 4) is 0 Å². The minimum atomic E-state index is -0.943. The van der Waals surface area contributed by atoms with E-state index in [1.165, 1.54) is 11.1 Å². The zero-order valence-electron chi connectivity index (χ0n) is 14.2. The van der Waals surface area contributed by atoms with E-state index in [4.69, 9.17) is 12.2 Å². The molecule has 1 aliphatic heterocycles. The number of nitrogens with one attached hydrogen (secondary N) is 1. The summed E-state index contributed by atoms with van der Waals surface area (Å²) in [4.78, 5) is 30.5. The molecule has 1 aliphatic rings. The molecule has 6 heteroatoms. The number of benzene rings is 2. The number of thiocarbonyl (C=S) groups is 1. The zero-order valence-corrected chi connectivity index (χ0v) is 15.0. The summed E-state index contributed by atoms with van der Waals surface area (Å²) in [5.74, 6) is -1.71. The molecule has 5 nitrogen and oxygen atoms in total. The monoisotopic (exact) mass is 365 g/mol. The van der Waals surface area contributed by atoms with Gasteiger partial charge >= 0.3 is 0 Å². The minimum absolute atomic E-state index is 0.137. The first kappa shape index (κ1) is 17.9. The number of nitrogens with zero attached hydrogens (tertiary/aromatic N) is 2. The lowest BCUT2D eigenvalue weighted by Gasteiger charge is -2.31. The number of aliphatic imine (C=N–C) groups is 1. The molecule has 3 rings (SSSR count). The van der Waals surface area contributed by atoms with Crippen LogP contribution < -0.4 is 5.32 Å². The van der Waals surface area contributed by atoms with Gasteiger partial charge in [-0.25, -0.2) is 0 Å². The molecule has 1 saturated heterocycles. The fourth-order valence-electron chi connectivity index (χ4n) is 2.70. The Balaban J connectivity index is 1.64. The molecule has 0 saturated carbocycles. The van der Waals surface area contributed by atoms with Gasteiger partial charge in [0.05, 0.1) is 6.54 Å². The van der Waals surface area contributed by atoms with E-state index in [1.54, 1.807) is 0 Å². The van der Waals surface area contributed by atoms with Crippen LogP contribution in [0.3, 0.4) is 0 Å². The van der Waals surface area contributed by atoms with E-state index in [0.717, 1.165) is 17.5 Å². The topological polar surface area (TPSA) is 61.8 Å². The van der Waals surface area contributed by atoms with Gasteiger partial charge in [0, 0.05) is 12.8 Å². The summed E-state index contributed by atoms with van der Waals surface area (Å²) in [7, 11) is 0.